The van der Waals surface area contributed by atoms with Crippen LogP contribution in [0.4, 0.5) is 0 Å². The normalized spacial score (nSPS) is 38.3. The van der Waals surface area contributed by atoms with Crippen molar-refractivity contribution < 1.29 is 0 Å². The van der Waals surface area contributed by atoms with E-state index < -0.39 is 0 Å². The van der Waals surface area contributed by atoms with Crippen LogP contribution < -0.4 is 5.32 Å². The van der Waals surface area contributed by atoms with Crippen molar-refractivity contribution in [3.63, 3.8) is 0 Å². The lowest BCUT2D eigenvalue weighted by molar-refractivity contribution is 0.0284. The van der Waals surface area contributed by atoms with Gasteiger partial charge in [0, 0.05) is 18.6 Å². The second-order valence-electron chi connectivity index (χ2n) is 7.06. The van der Waals surface area contributed by atoms with Crippen LogP contribution in [0.5, 0.6) is 0 Å². The fraction of sp³-hybridized carbons (Fsp3) is 1.00. The van der Waals surface area contributed by atoms with Gasteiger partial charge < -0.3 is 5.32 Å². The average Bonchev–Trinajstić information content (AvgIpc) is 2.27. The van der Waals surface area contributed by atoms with Crippen molar-refractivity contribution in [3.8, 4) is 0 Å². The van der Waals surface area contributed by atoms with E-state index in [0.29, 0.717) is 5.41 Å². The molecule has 2 aliphatic rings. The molecule has 17 heavy (non-hydrogen) atoms. The van der Waals surface area contributed by atoms with Gasteiger partial charge in [0.25, 0.3) is 0 Å². The van der Waals surface area contributed by atoms with Gasteiger partial charge in [-0.15, -0.1) is 0 Å². The highest BCUT2D eigenvalue weighted by Crippen LogP contribution is 2.34. The third-order valence-corrected chi connectivity index (χ3v) is 5.05. The zero-order valence-corrected chi connectivity index (χ0v) is 12.1. The molecule has 0 aromatic carbocycles. The van der Waals surface area contributed by atoms with Crippen LogP contribution in [-0.2, 0) is 0 Å². The molecule has 0 aromatic heterocycles. The highest BCUT2D eigenvalue weighted by atomic mass is 15.2. The fourth-order valence-corrected chi connectivity index (χ4v) is 3.94. The van der Waals surface area contributed by atoms with Crippen molar-refractivity contribution >= 4 is 0 Å². The zero-order valence-electron chi connectivity index (χ0n) is 12.1. The Bertz CT molecular complexity index is 249. The van der Waals surface area contributed by atoms with E-state index in [1.54, 1.807) is 0 Å². The molecule has 0 radical (unpaired) electrons. The van der Waals surface area contributed by atoms with E-state index in [4.69, 9.17) is 0 Å². The first-order valence-corrected chi connectivity index (χ1v) is 7.43. The van der Waals surface area contributed by atoms with E-state index in [1.165, 1.54) is 45.2 Å². The molecule has 1 N–H and O–H groups in total. The number of piperidine rings is 1. The minimum absolute atomic E-state index is 0.424. The highest BCUT2D eigenvalue weighted by molar-refractivity contribution is 4.93. The van der Waals surface area contributed by atoms with Crippen LogP contribution in [0.25, 0.3) is 0 Å². The lowest BCUT2D eigenvalue weighted by atomic mass is 9.77. The van der Waals surface area contributed by atoms with Gasteiger partial charge in [0.1, 0.15) is 0 Å². The van der Waals surface area contributed by atoms with Crippen molar-refractivity contribution in [1.29, 1.82) is 0 Å². The summed E-state index contributed by atoms with van der Waals surface area (Å²) in [5.74, 6) is 0.932. The lowest BCUT2D eigenvalue weighted by Crippen LogP contribution is -2.56. The van der Waals surface area contributed by atoms with Crippen LogP contribution in [0.15, 0.2) is 0 Å². The maximum atomic E-state index is 3.54. The summed E-state index contributed by atoms with van der Waals surface area (Å²) >= 11 is 0. The molecule has 0 bridgehead atoms. The molecule has 2 rings (SSSR count). The molecule has 1 heterocycles. The van der Waals surface area contributed by atoms with Crippen molar-refractivity contribution in [2.75, 3.05) is 20.1 Å². The van der Waals surface area contributed by atoms with E-state index in [2.05, 4.69) is 38.0 Å². The molecule has 100 valence electrons. The van der Waals surface area contributed by atoms with Gasteiger partial charge in [-0.3, -0.25) is 4.90 Å². The first kappa shape index (κ1) is 13.4. The molecule has 2 fully saturated rings. The van der Waals surface area contributed by atoms with Gasteiger partial charge in [-0.25, -0.2) is 0 Å². The first-order chi connectivity index (χ1) is 8.00. The summed E-state index contributed by atoms with van der Waals surface area (Å²) in [7, 11) is 2.38. The van der Waals surface area contributed by atoms with Crippen LogP contribution in [0.1, 0.15) is 52.9 Å². The van der Waals surface area contributed by atoms with E-state index in [0.717, 1.165) is 18.0 Å². The highest BCUT2D eigenvalue weighted by Gasteiger charge is 2.37. The number of hydrogen-bond acceptors (Lipinski definition) is 2. The van der Waals surface area contributed by atoms with Crippen LogP contribution >= 0.6 is 0 Å². The molecule has 1 aliphatic heterocycles. The lowest BCUT2D eigenvalue weighted by Gasteiger charge is -2.48. The van der Waals surface area contributed by atoms with Crippen molar-refractivity contribution in [1.82, 2.24) is 10.2 Å². The summed E-state index contributed by atoms with van der Waals surface area (Å²) in [5, 5.41) is 3.54. The minimum atomic E-state index is 0.424. The SMILES string of the molecule is CC1CCCC(N(C)C2CCNCC2(C)C)C1. The monoisotopic (exact) mass is 238 g/mol. The second kappa shape index (κ2) is 5.27. The number of rotatable bonds is 2. The van der Waals surface area contributed by atoms with E-state index in [9.17, 15) is 0 Å². The Morgan fingerprint density at radius 1 is 1.18 bits per heavy atom. The summed E-state index contributed by atoms with van der Waals surface area (Å²) in [6, 6.07) is 1.60. The number of hydrogen-bond donors (Lipinski definition) is 1. The van der Waals surface area contributed by atoms with Gasteiger partial charge in [-0.1, -0.05) is 33.6 Å². The van der Waals surface area contributed by atoms with Crippen LogP contribution in [0, 0.1) is 11.3 Å². The zero-order chi connectivity index (χ0) is 12.5. The predicted molar refractivity (Wildman–Crippen MR) is 74.2 cm³/mol. The van der Waals surface area contributed by atoms with Crippen LogP contribution in [0.2, 0.25) is 0 Å². The molecular weight excluding hydrogens is 208 g/mol. The molecule has 3 unspecified atom stereocenters. The minimum Gasteiger partial charge on any atom is -0.316 e. The Hall–Kier alpha value is -0.0800. The topological polar surface area (TPSA) is 15.3 Å². The Balaban J connectivity index is 2.00. The van der Waals surface area contributed by atoms with Crippen LogP contribution in [0.3, 0.4) is 0 Å². The van der Waals surface area contributed by atoms with Crippen molar-refractivity contribution in [3.05, 3.63) is 0 Å². The molecule has 1 saturated carbocycles. The number of nitrogens with one attached hydrogen (secondary N) is 1. The standard InChI is InChI=1S/C15H30N2/c1-12-6-5-7-13(10-12)17(4)14-8-9-16-11-15(14,2)3/h12-14,16H,5-11H2,1-4H3. The third kappa shape index (κ3) is 3.03. The van der Waals surface area contributed by atoms with Gasteiger partial charge in [-0.05, 0) is 44.2 Å². The Kier molecular flexibility index (Phi) is 4.14. The molecule has 2 heteroatoms. The maximum absolute atomic E-state index is 3.54. The van der Waals surface area contributed by atoms with Gasteiger partial charge in [0.05, 0.1) is 0 Å². The van der Waals surface area contributed by atoms with E-state index in [1.807, 2.05) is 0 Å². The summed E-state index contributed by atoms with van der Waals surface area (Å²) < 4.78 is 0. The summed E-state index contributed by atoms with van der Waals surface area (Å²) in [5.41, 5.74) is 0.424. The summed E-state index contributed by atoms with van der Waals surface area (Å²) in [6.45, 7) is 9.64. The van der Waals surface area contributed by atoms with Crippen molar-refractivity contribution in [2.24, 2.45) is 11.3 Å². The van der Waals surface area contributed by atoms with Gasteiger partial charge in [0.2, 0.25) is 0 Å². The molecule has 0 aromatic rings. The Morgan fingerprint density at radius 3 is 2.59 bits per heavy atom. The summed E-state index contributed by atoms with van der Waals surface area (Å²) in [6.07, 6.45) is 7.02. The van der Waals surface area contributed by atoms with Gasteiger partial charge in [-0.2, -0.15) is 0 Å². The molecule has 1 saturated heterocycles. The average molecular weight is 238 g/mol. The molecular formula is C15H30N2. The van der Waals surface area contributed by atoms with E-state index >= 15 is 0 Å². The molecule has 1 aliphatic carbocycles. The van der Waals surface area contributed by atoms with Gasteiger partial charge >= 0.3 is 0 Å². The van der Waals surface area contributed by atoms with Crippen molar-refractivity contribution in [2.45, 2.75) is 65.0 Å². The molecule has 0 amide bonds. The largest absolute Gasteiger partial charge is 0.316 e. The number of nitrogens with zero attached hydrogens (tertiary/aromatic N) is 1. The maximum Gasteiger partial charge on any atom is 0.0170 e. The van der Waals surface area contributed by atoms with E-state index in [-0.39, 0.29) is 0 Å². The Morgan fingerprint density at radius 2 is 1.94 bits per heavy atom. The molecule has 2 nitrogen and oxygen atoms in total. The van der Waals surface area contributed by atoms with Crippen LogP contribution in [-0.4, -0.2) is 37.1 Å². The quantitative estimate of drug-likeness (QED) is 0.796. The Labute approximate surface area is 107 Å². The summed E-state index contributed by atoms with van der Waals surface area (Å²) in [4.78, 5) is 2.72. The predicted octanol–water partition coefficient (Wildman–Crippen LogP) is 2.89. The second-order valence-corrected chi connectivity index (χ2v) is 7.06. The smallest absolute Gasteiger partial charge is 0.0170 e. The third-order valence-electron chi connectivity index (χ3n) is 5.05. The molecule has 0 spiro atoms. The molecule has 3 atom stereocenters. The fourth-order valence-electron chi connectivity index (χ4n) is 3.94. The first-order valence-electron chi connectivity index (χ1n) is 7.43. The van der Waals surface area contributed by atoms with Gasteiger partial charge in [0.15, 0.2) is 0 Å².